The highest BCUT2D eigenvalue weighted by atomic mass is 19.1. The van der Waals surface area contributed by atoms with Gasteiger partial charge in [-0.25, -0.2) is 13.9 Å². The molecule has 0 aliphatic carbocycles. The normalized spacial score (nSPS) is 11.1. The minimum atomic E-state index is -0.580. The van der Waals surface area contributed by atoms with E-state index in [2.05, 4.69) is 4.98 Å². The predicted octanol–water partition coefficient (Wildman–Crippen LogP) is 2.09. The molecule has 1 aromatic carbocycles. The van der Waals surface area contributed by atoms with E-state index in [1.807, 2.05) is 0 Å². The molecule has 0 fully saturated rings. The lowest BCUT2D eigenvalue weighted by Crippen LogP contribution is -2.07. The quantitative estimate of drug-likeness (QED) is 0.670. The van der Waals surface area contributed by atoms with Crippen molar-refractivity contribution in [2.75, 3.05) is 6.61 Å². The van der Waals surface area contributed by atoms with Crippen molar-refractivity contribution in [2.24, 2.45) is 0 Å². The van der Waals surface area contributed by atoms with Gasteiger partial charge in [0.15, 0.2) is 0 Å². The van der Waals surface area contributed by atoms with E-state index in [1.165, 1.54) is 22.8 Å². The molecule has 1 heterocycles. The highest BCUT2D eigenvalue weighted by Crippen LogP contribution is 2.17. The summed E-state index contributed by atoms with van der Waals surface area (Å²) in [7, 11) is 0. The van der Waals surface area contributed by atoms with Crippen LogP contribution in [0.25, 0.3) is 12.2 Å². The van der Waals surface area contributed by atoms with Gasteiger partial charge in [-0.15, -0.1) is 0 Å². The number of hydrogen-bond donors (Lipinski definition) is 1. The van der Waals surface area contributed by atoms with E-state index in [9.17, 15) is 14.5 Å². The number of nitro groups is 1. The van der Waals surface area contributed by atoms with E-state index >= 15 is 0 Å². The first-order chi connectivity index (χ1) is 9.63. The van der Waals surface area contributed by atoms with Crippen LogP contribution in [0, 0.1) is 15.9 Å². The van der Waals surface area contributed by atoms with Crippen LogP contribution in [0.3, 0.4) is 0 Å². The summed E-state index contributed by atoms with van der Waals surface area (Å²) in [5, 5.41) is 19.8. The fourth-order valence-corrected chi connectivity index (χ4v) is 1.76. The number of aliphatic hydroxyl groups is 1. The average Bonchev–Trinajstić information content (AvgIpc) is 2.82. The first kappa shape index (κ1) is 13.9. The van der Waals surface area contributed by atoms with Gasteiger partial charge >= 0.3 is 5.82 Å². The Morgan fingerprint density at radius 1 is 1.40 bits per heavy atom. The Kier molecular flexibility index (Phi) is 4.21. The van der Waals surface area contributed by atoms with Crippen LogP contribution < -0.4 is 0 Å². The first-order valence-electron chi connectivity index (χ1n) is 5.87. The molecule has 6 nitrogen and oxygen atoms in total. The molecule has 0 unspecified atom stereocenters. The van der Waals surface area contributed by atoms with E-state index in [1.54, 1.807) is 18.2 Å². The molecule has 0 aliphatic heterocycles. The zero-order valence-corrected chi connectivity index (χ0v) is 10.4. The molecule has 0 saturated heterocycles. The Labute approximate surface area is 114 Å². The maximum atomic E-state index is 13.4. The summed E-state index contributed by atoms with van der Waals surface area (Å²) < 4.78 is 14.7. The Balaban J connectivity index is 2.34. The largest absolute Gasteiger partial charge is 0.392 e. The summed E-state index contributed by atoms with van der Waals surface area (Å²) in [5.41, 5.74) is 0.355. The maximum absolute atomic E-state index is 13.4. The molecule has 1 aromatic heterocycles. The number of aliphatic hydroxyl groups excluding tert-OH is 1. The SMILES string of the molecule is O=[N+]([O-])c1cnc(/C=C/c2ccccc2F)n1CCO. The van der Waals surface area contributed by atoms with Crippen LogP contribution >= 0.6 is 0 Å². The topological polar surface area (TPSA) is 81.2 Å². The summed E-state index contributed by atoms with van der Waals surface area (Å²) in [6.45, 7) is -0.203. The molecule has 0 aliphatic rings. The molecular weight excluding hydrogens is 265 g/mol. The van der Waals surface area contributed by atoms with Crippen LogP contribution in [-0.2, 0) is 6.54 Å². The number of aromatic nitrogens is 2. The molecule has 0 atom stereocenters. The molecule has 104 valence electrons. The molecule has 1 N–H and O–H groups in total. The minimum Gasteiger partial charge on any atom is -0.392 e. The lowest BCUT2D eigenvalue weighted by atomic mass is 10.2. The Morgan fingerprint density at radius 2 is 2.15 bits per heavy atom. The van der Waals surface area contributed by atoms with Gasteiger partial charge in [-0.3, -0.25) is 0 Å². The molecule has 7 heteroatoms. The second kappa shape index (κ2) is 6.07. The summed E-state index contributed by atoms with van der Waals surface area (Å²) in [4.78, 5) is 14.1. The highest BCUT2D eigenvalue weighted by Gasteiger charge is 2.17. The lowest BCUT2D eigenvalue weighted by Gasteiger charge is -2.00. The van der Waals surface area contributed by atoms with Crippen LogP contribution in [0.4, 0.5) is 10.2 Å². The van der Waals surface area contributed by atoms with Crippen molar-refractivity contribution >= 4 is 18.0 Å². The number of benzene rings is 1. The predicted molar refractivity (Wildman–Crippen MR) is 71.3 cm³/mol. The molecule has 0 bridgehead atoms. The maximum Gasteiger partial charge on any atom is 0.343 e. The third-order valence-electron chi connectivity index (χ3n) is 2.69. The standard InChI is InChI=1S/C13H12FN3O3/c14-11-4-2-1-3-10(11)5-6-12-15-9-13(17(19)20)16(12)7-8-18/h1-6,9,18H,7-8H2/b6-5+. The van der Waals surface area contributed by atoms with Gasteiger partial charge in [-0.2, -0.15) is 0 Å². The van der Waals surface area contributed by atoms with Gasteiger partial charge in [0, 0.05) is 11.6 Å². The Bertz CT molecular complexity index is 652. The van der Waals surface area contributed by atoms with Crippen LogP contribution in [0.2, 0.25) is 0 Å². The van der Waals surface area contributed by atoms with Crippen molar-refractivity contribution in [2.45, 2.75) is 6.54 Å². The molecule has 2 aromatic rings. The number of halogens is 1. The zero-order valence-electron chi connectivity index (χ0n) is 10.4. The number of imidazole rings is 1. The number of rotatable bonds is 5. The van der Waals surface area contributed by atoms with Crippen molar-refractivity contribution in [3.8, 4) is 0 Å². The third kappa shape index (κ3) is 2.89. The van der Waals surface area contributed by atoms with E-state index in [4.69, 9.17) is 5.11 Å². The first-order valence-corrected chi connectivity index (χ1v) is 5.87. The molecule has 20 heavy (non-hydrogen) atoms. The third-order valence-corrected chi connectivity index (χ3v) is 2.69. The Hall–Kier alpha value is -2.54. The van der Waals surface area contributed by atoms with Crippen LogP contribution in [-0.4, -0.2) is 26.2 Å². The second-order valence-electron chi connectivity index (χ2n) is 3.96. The highest BCUT2D eigenvalue weighted by molar-refractivity contribution is 5.67. The van der Waals surface area contributed by atoms with Crippen LogP contribution in [0.5, 0.6) is 0 Å². The molecule has 0 saturated carbocycles. The fraction of sp³-hybridized carbons (Fsp3) is 0.154. The van der Waals surface area contributed by atoms with Crippen molar-refractivity contribution in [3.63, 3.8) is 0 Å². The molecule has 2 rings (SSSR count). The van der Waals surface area contributed by atoms with E-state index < -0.39 is 10.7 Å². The van der Waals surface area contributed by atoms with Crippen LogP contribution in [0.1, 0.15) is 11.4 Å². The number of hydrogen-bond acceptors (Lipinski definition) is 4. The van der Waals surface area contributed by atoms with Gasteiger partial charge in [-0.1, -0.05) is 18.2 Å². The van der Waals surface area contributed by atoms with Gasteiger partial charge in [0.05, 0.1) is 6.61 Å². The number of nitrogens with zero attached hydrogens (tertiary/aromatic N) is 3. The van der Waals surface area contributed by atoms with Crippen molar-refractivity contribution in [1.82, 2.24) is 9.55 Å². The molecular formula is C13H12FN3O3. The lowest BCUT2D eigenvalue weighted by molar-refractivity contribution is -0.392. The monoisotopic (exact) mass is 277 g/mol. The van der Waals surface area contributed by atoms with Gasteiger partial charge in [0.2, 0.25) is 5.82 Å². The van der Waals surface area contributed by atoms with Gasteiger partial charge in [-0.05, 0) is 17.1 Å². The minimum absolute atomic E-state index is 0.0489. The fourth-order valence-electron chi connectivity index (χ4n) is 1.76. The second-order valence-corrected chi connectivity index (χ2v) is 3.96. The Morgan fingerprint density at radius 3 is 2.80 bits per heavy atom. The smallest absolute Gasteiger partial charge is 0.343 e. The van der Waals surface area contributed by atoms with E-state index in [-0.39, 0.29) is 24.8 Å². The van der Waals surface area contributed by atoms with Crippen LogP contribution in [0.15, 0.2) is 30.5 Å². The van der Waals surface area contributed by atoms with Crippen molar-refractivity contribution in [3.05, 3.63) is 57.8 Å². The molecule has 0 radical (unpaired) electrons. The summed E-state index contributed by atoms with van der Waals surface area (Å²) in [6, 6.07) is 6.16. The van der Waals surface area contributed by atoms with Crippen molar-refractivity contribution in [1.29, 1.82) is 0 Å². The van der Waals surface area contributed by atoms with Gasteiger partial charge in [0.1, 0.15) is 18.6 Å². The average molecular weight is 277 g/mol. The molecule has 0 spiro atoms. The molecule has 0 amide bonds. The zero-order chi connectivity index (χ0) is 14.5. The van der Waals surface area contributed by atoms with E-state index in [0.717, 1.165) is 6.20 Å². The summed E-state index contributed by atoms with van der Waals surface area (Å²) >= 11 is 0. The van der Waals surface area contributed by atoms with Crippen molar-refractivity contribution < 1.29 is 14.4 Å². The summed E-state index contributed by atoms with van der Waals surface area (Å²) in [5.74, 6) is -0.320. The van der Waals surface area contributed by atoms with Gasteiger partial charge in [0.25, 0.3) is 0 Å². The van der Waals surface area contributed by atoms with E-state index in [0.29, 0.717) is 5.56 Å². The summed E-state index contributed by atoms with van der Waals surface area (Å²) in [6.07, 6.45) is 4.06. The van der Waals surface area contributed by atoms with Gasteiger partial charge < -0.3 is 15.2 Å².